The van der Waals surface area contributed by atoms with Crippen LogP contribution in [0, 0.1) is 11.8 Å². The number of nitrogens with zero attached hydrogens (tertiary/aromatic N) is 3. The first-order valence-corrected chi connectivity index (χ1v) is 7.97. The number of carbonyl (C=O) groups excluding carboxylic acids is 1. The third-order valence-electron chi connectivity index (χ3n) is 4.79. The van der Waals surface area contributed by atoms with E-state index < -0.39 is 0 Å². The van der Waals surface area contributed by atoms with E-state index in [0.717, 1.165) is 36.7 Å². The summed E-state index contributed by atoms with van der Waals surface area (Å²) in [6.07, 6.45) is 7.00. The van der Waals surface area contributed by atoms with Gasteiger partial charge < -0.3 is 4.90 Å². The van der Waals surface area contributed by atoms with E-state index in [0.29, 0.717) is 11.5 Å². The number of aromatic nitrogens is 2. The van der Waals surface area contributed by atoms with Crippen LogP contribution in [0.25, 0.3) is 11.3 Å². The molecule has 4 rings (SSSR count). The maximum atomic E-state index is 12.9. The smallest absolute Gasteiger partial charge is 0.257 e. The predicted molar refractivity (Wildman–Crippen MR) is 84.2 cm³/mol. The van der Waals surface area contributed by atoms with Gasteiger partial charge in [-0.2, -0.15) is 0 Å². The Balaban J connectivity index is 1.61. The molecule has 0 bridgehead atoms. The molecule has 1 aliphatic carbocycles. The van der Waals surface area contributed by atoms with E-state index in [4.69, 9.17) is 0 Å². The van der Waals surface area contributed by atoms with Crippen LogP contribution in [0.15, 0.2) is 42.9 Å². The Morgan fingerprint density at radius 3 is 2.68 bits per heavy atom. The van der Waals surface area contributed by atoms with Crippen molar-refractivity contribution in [3.63, 3.8) is 0 Å². The Morgan fingerprint density at radius 2 is 1.91 bits per heavy atom. The summed E-state index contributed by atoms with van der Waals surface area (Å²) in [5.41, 5.74) is 2.31. The largest absolute Gasteiger partial charge is 0.338 e. The SMILES string of the molecule is O=C(c1cncnc1-c1ccccc1)N1CCC(C2CC2)C1. The van der Waals surface area contributed by atoms with Crippen LogP contribution < -0.4 is 0 Å². The lowest BCUT2D eigenvalue weighted by atomic mass is 10.0. The molecule has 1 aliphatic heterocycles. The highest BCUT2D eigenvalue weighted by atomic mass is 16.2. The molecule has 2 heterocycles. The van der Waals surface area contributed by atoms with Crippen molar-refractivity contribution in [3.8, 4) is 11.3 Å². The second-order valence-electron chi connectivity index (χ2n) is 6.29. The number of hydrogen-bond acceptors (Lipinski definition) is 3. The molecule has 0 spiro atoms. The lowest BCUT2D eigenvalue weighted by molar-refractivity contribution is 0.0785. The van der Waals surface area contributed by atoms with Crippen LogP contribution in [0.5, 0.6) is 0 Å². The minimum atomic E-state index is 0.0719. The van der Waals surface area contributed by atoms with Crippen molar-refractivity contribution in [1.82, 2.24) is 14.9 Å². The van der Waals surface area contributed by atoms with Crippen LogP contribution in [-0.2, 0) is 0 Å². The molecule has 4 nitrogen and oxygen atoms in total. The normalized spacial score (nSPS) is 21.1. The summed E-state index contributed by atoms with van der Waals surface area (Å²) in [5, 5.41) is 0. The van der Waals surface area contributed by atoms with Gasteiger partial charge in [0.25, 0.3) is 5.91 Å². The quantitative estimate of drug-likeness (QED) is 0.874. The van der Waals surface area contributed by atoms with Gasteiger partial charge >= 0.3 is 0 Å². The van der Waals surface area contributed by atoms with Gasteiger partial charge in [0.15, 0.2) is 0 Å². The first-order chi connectivity index (χ1) is 10.8. The summed E-state index contributed by atoms with van der Waals surface area (Å²) in [5.74, 6) is 1.63. The molecule has 22 heavy (non-hydrogen) atoms. The molecular formula is C18H19N3O. The molecule has 2 aromatic rings. The maximum Gasteiger partial charge on any atom is 0.257 e. The van der Waals surface area contributed by atoms with Crippen LogP contribution in [0.3, 0.4) is 0 Å². The molecule has 1 aromatic carbocycles. The minimum absolute atomic E-state index is 0.0719. The second kappa shape index (κ2) is 5.52. The fourth-order valence-electron chi connectivity index (χ4n) is 3.41. The lowest BCUT2D eigenvalue weighted by Gasteiger charge is -2.18. The molecular weight excluding hydrogens is 274 g/mol. The summed E-state index contributed by atoms with van der Waals surface area (Å²) in [7, 11) is 0. The molecule has 1 atom stereocenters. The summed E-state index contributed by atoms with van der Waals surface area (Å²) in [6.45, 7) is 1.76. The average Bonchev–Trinajstić information content (AvgIpc) is 3.32. The van der Waals surface area contributed by atoms with Crippen molar-refractivity contribution in [2.24, 2.45) is 11.8 Å². The monoisotopic (exact) mass is 293 g/mol. The minimum Gasteiger partial charge on any atom is -0.338 e. The summed E-state index contributed by atoms with van der Waals surface area (Å²) in [4.78, 5) is 23.3. The van der Waals surface area contributed by atoms with Gasteiger partial charge in [-0.25, -0.2) is 9.97 Å². The van der Waals surface area contributed by atoms with Gasteiger partial charge in [0, 0.05) is 24.8 Å². The molecule has 2 aliphatic rings. The van der Waals surface area contributed by atoms with Crippen molar-refractivity contribution >= 4 is 5.91 Å². The molecule has 0 radical (unpaired) electrons. The van der Waals surface area contributed by atoms with Crippen LogP contribution in [0.1, 0.15) is 29.6 Å². The Bertz CT molecular complexity index is 682. The van der Waals surface area contributed by atoms with Gasteiger partial charge in [0.2, 0.25) is 0 Å². The fourth-order valence-corrected chi connectivity index (χ4v) is 3.41. The number of likely N-dealkylation sites (tertiary alicyclic amines) is 1. The molecule has 1 amide bonds. The molecule has 1 saturated heterocycles. The van der Waals surface area contributed by atoms with Crippen molar-refractivity contribution in [1.29, 1.82) is 0 Å². The molecule has 1 unspecified atom stereocenters. The number of benzene rings is 1. The van der Waals surface area contributed by atoms with E-state index in [9.17, 15) is 4.79 Å². The van der Waals surface area contributed by atoms with Crippen LogP contribution in [0.2, 0.25) is 0 Å². The third-order valence-corrected chi connectivity index (χ3v) is 4.79. The zero-order valence-electron chi connectivity index (χ0n) is 12.5. The van der Waals surface area contributed by atoms with Gasteiger partial charge in [-0.1, -0.05) is 30.3 Å². The predicted octanol–water partition coefficient (Wildman–Crippen LogP) is 3.02. The van der Waals surface area contributed by atoms with Gasteiger partial charge in [0.05, 0.1) is 11.3 Å². The van der Waals surface area contributed by atoms with Crippen molar-refractivity contribution in [2.75, 3.05) is 13.1 Å². The van der Waals surface area contributed by atoms with E-state index in [2.05, 4.69) is 9.97 Å². The highest BCUT2D eigenvalue weighted by molar-refractivity contribution is 5.99. The van der Waals surface area contributed by atoms with Crippen molar-refractivity contribution in [3.05, 3.63) is 48.4 Å². The van der Waals surface area contributed by atoms with Gasteiger partial charge in [0.1, 0.15) is 6.33 Å². The van der Waals surface area contributed by atoms with Crippen LogP contribution in [-0.4, -0.2) is 33.9 Å². The van der Waals surface area contributed by atoms with E-state index in [1.54, 1.807) is 6.20 Å². The summed E-state index contributed by atoms with van der Waals surface area (Å²) in [6, 6.07) is 9.86. The van der Waals surface area contributed by atoms with E-state index in [-0.39, 0.29) is 5.91 Å². The van der Waals surface area contributed by atoms with E-state index in [1.807, 2.05) is 35.2 Å². The zero-order valence-corrected chi connectivity index (χ0v) is 12.5. The first-order valence-electron chi connectivity index (χ1n) is 7.97. The molecule has 0 N–H and O–H groups in total. The average molecular weight is 293 g/mol. The first kappa shape index (κ1) is 13.4. The molecule has 1 aromatic heterocycles. The highest BCUT2D eigenvalue weighted by Gasteiger charge is 2.37. The standard InChI is InChI=1S/C18H19N3O/c22-18(21-9-8-15(11-21)13-6-7-13)16-10-19-12-20-17(16)14-4-2-1-3-5-14/h1-5,10,12-13,15H,6-9,11H2. The number of hydrogen-bond donors (Lipinski definition) is 0. The fraction of sp³-hybridized carbons (Fsp3) is 0.389. The van der Waals surface area contributed by atoms with Crippen LogP contribution in [0.4, 0.5) is 0 Å². The lowest BCUT2D eigenvalue weighted by Crippen LogP contribution is -2.29. The Kier molecular flexibility index (Phi) is 3.37. The Hall–Kier alpha value is -2.23. The molecule has 4 heteroatoms. The van der Waals surface area contributed by atoms with E-state index in [1.165, 1.54) is 19.2 Å². The Morgan fingerprint density at radius 1 is 1.09 bits per heavy atom. The van der Waals surface area contributed by atoms with Crippen molar-refractivity contribution in [2.45, 2.75) is 19.3 Å². The third kappa shape index (κ3) is 2.49. The number of carbonyl (C=O) groups is 1. The van der Waals surface area contributed by atoms with Gasteiger partial charge in [-0.3, -0.25) is 4.79 Å². The second-order valence-corrected chi connectivity index (χ2v) is 6.29. The van der Waals surface area contributed by atoms with Gasteiger partial charge in [-0.05, 0) is 31.1 Å². The highest BCUT2D eigenvalue weighted by Crippen LogP contribution is 2.41. The zero-order chi connectivity index (χ0) is 14.9. The summed E-state index contributed by atoms with van der Waals surface area (Å²) >= 11 is 0. The summed E-state index contributed by atoms with van der Waals surface area (Å²) < 4.78 is 0. The number of amides is 1. The topological polar surface area (TPSA) is 46.1 Å². The van der Waals surface area contributed by atoms with Crippen LogP contribution >= 0.6 is 0 Å². The molecule has 1 saturated carbocycles. The molecule has 2 fully saturated rings. The Labute approximate surface area is 130 Å². The molecule has 112 valence electrons. The van der Waals surface area contributed by atoms with Gasteiger partial charge in [-0.15, -0.1) is 0 Å². The van der Waals surface area contributed by atoms with E-state index >= 15 is 0 Å². The maximum absolute atomic E-state index is 12.9. The number of rotatable bonds is 3. The van der Waals surface area contributed by atoms with Crippen molar-refractivity contribution < 1.29 is 4.79 Å².